The lowest BCUT2D eigenvalue weighted by Gasteiger charge is -2.36. The molecule has 1 aromatic carbocycles. The Morgan fingerprint density at radius 1 is 1.16 bits per heavy atom. The van der Waals surface area contributed by atoms with Crippen LogP contribution in [0.15, 0.2) is 24.3 Å². The van der Waals surface area contributed by atoms with E-state index in [-0.39, 0.29) is 0 Å². The molecule has 2 aliphatic heterocycles. The van der Waals surface area contributed by atoms with Crippen LogP contribution in [0, 0.1) is 6.92 Å². The minimum absolute atomic E-state index is 0.471. The van der Waals surface area contributed by atoms with E-state index < -0.39 is 0 Å². The summed E-state index contributed by atoms with van der Waals surface area (Å²) in [6, 6.07) is 11.0. The molecule has 19 heavy (non-hydrogen) atoms. The molecule has 2 unspecified atom stereocenters. The third kappa shape index (κ3) is 3.01. The molecule has 3 rings (SSSR count). The van der Waals surface area contributed by atoms with Gasteiger partial charge in [0.2, 0.25) is 0 Å². The SMILES string of the molecule is Cc1ccc([C@@H](C)NC2CCN3CCCC3C2)cc1. The Hall–Kier alpha value is -0.860. The smallest absolute Gasteiger partial charge is 0.0294 e. The van der Waals surface area contributed by atoms with E-state index in [0.717, 1.165) is 6.04 Å². The highest BCUT2D eigenvalue weighted by molar-refractivity contribution is 5.23. The maximum atomic E-state index is 3.84. The highest BCUT2D eigenvalue weighted by Gasteiger charge is 2.31. The number of hydrogen-bond acceptors (Lipinski definition) is 2. The van der Waals surface area contributed by atoms with Gasteiger partial charge in [-0.1, -0.05) is 29.8 Å². The summed E-state index contributed by atoms with van der Waals surface area (Å²) in [7, 11) is 0. The molecule has 0 spiro atoms. The van der Waals surface area contributed by atoms with E-state index in [9.17, 15) is 0 Å². The molecule has 0 bridgehead atoms. The molecular formula is C17H26N2. The summed E-state index contributed by atoms with van der Waals surface area (Å²) in [5.74, 6) is 0. The van der Waals surface area contributed by atoms with Gasteiger partial charge in [-0.25, -0.2) is 0 Å². The molecule has 0 amide bonds. The standard InChI is InChI=1S/C17H26N2/c1-13-5-7-15(8-6-13)14(2)18-16-9-11-19-10-3-4-17(19)12-16/h5-8,14,16-18H,3-4,9-12H2,1-2H3/t14-,16?,17?/m1/s1. The molecule has 0 saturated carbocycles. The Bertz CT molecular complexity index is 412. The Balaban J connectivity index is 1.57. The molecule has 2 aliphatic rings. The molecule has 2 saturated heterocycles. The molecule has 2 heteroatoms. The average Bonchev–Trinajstić information content (AvgIpc) is 2.87. The summed E-state index contributed by atoms with van der Waals surface area (Å²) < 4.78 is 0. The molecule has 2 heterocycles. The Morgan fingerprint density at radius 3 is 2.74 bits per heavy atom. The van der Waals surface area contributed by atoms with E-state index >= 15 is 0 Å². The molecular weight excluding hydrogens is 232 g/mol. The van der Waals surface area contributed by atoms with Crippen LogP contribution in [0.3, 0.4) is 0 Å². The molecule has 0 aromatic heterocycles. The monoisotopic (exact) mass is 258 g/mol. The lowest BCUT2D eigenvalue weighted by atomic mass is 9.96. The van der Waals surface area contributed by atoms with Crippen LogP contribution in [0.1, 0.15) is 49.8 Å². The number of benzene rings is 1. The minimum Gasteiger partial charge on any atom is -0.307 e. The zero-order chi connectivity index (χ0) is 13.2. The minimum atomic E-state index is 0.471. The number of piperidine rings is 1. The number of nitrogens with zero attached hydrogens (tertiary/aromatic N) is 1. The summed E-state index contributed by atoms with van der Waals surface area (Å²) in [5, 5.41) is 3.84. The van der Waals surface area contributed by atoms with Crippen molar-refractivity contribution in [1.82, 2.24) is 10.2 Å². The zero-order valence-electron chi connectivity index (χ0n) is 12.2. The predicted molar refractivity (Wildman–Crippen MR) is 80.3 cm³/mol. The second kappa shape index (κ2) is 5.64. The molecule has 2 nitrogen and oxygen atoms in total. The third-order valence-corrected chi connectivity index (χ3v) is 4.88. The number of aryl methyl sites for hydroxylation is 1. The van der Waals surface area contributed by atoms with Crippen molar-refractivity contribution in [3.63, 3.8) is 0 Å². The van der Waals surface area contributed by atoms with Gasteiger partial charge < -0.3 is 10.2 Å². The van der Waals surface area contributed by atoms with Gasteiger partial charge in [0.15, 0.2) is 0 Å². The fraction of sp³-hybridized carbons (Fsp3) is 0.647. The number of fused-ring (bicyclic) bond motifs is 1. The second-order valence-corrected chi connectivity index (χ2v) is 6.35. The fourth-order valence-corrected chi connectivity index (χ4v) is 3.68. The van der Waals surface area contributed by atoms with Crippen LogP contribution in [0.4, 0.5) is 0 Å². The number of rotatable bonds is 3. The largest absolute Gasteiger partial charge is 0.307 e. The van der Waals surface area contributed by atoms with Crippen molar-refractivity contribution in [3.8, 4) is 0 Å². The highest BCUT2D eigenvalue weighted by atomic mass is 15.2. The van der Waals surface area contributed by atoms with E-state index in [0.29, 0.717) is 12.1 Å². The highest BCUT2D eigenvalue weighted by Crippen LogP contribution is 2.28. The number of nitrogens with one attached hydrogen (secondary N) is 1. The first-order valence-corrected chi connectivity index (χ1v) is 7.79. The van der Waals surface area contributed by atoms with Crippen molar-refractivity contribution >= 4 is 0 Å². The maximum Gasteiger partial charge on any atom is 0.0294 e. The van der Waals surface area contributed by atoms with Crippen molar-refractivity contribution in [2.24, 2.45) is 0 Å². The molecule has 2 fully saturated rings. The van der Waals surface area contributed by atoms with E-state index in [2.05, 4.69) is 48.3 Å². The molecule has 104 valence electrons. The van der Waals surface area contributed by atoms with Gasteiger partial charge in [-0.2, -0.15) is 0 Å². The van der Waals surface area contributed by atoms with Crippen molar-refractivity contribution in [1.29, 1.82) is 0 Å². The summed E-state index contributed by atoms with van der Waals surface area (Å²) in [6.45, 7) is 7.08. The van der Waals surface area contributed by atoms with Gasteiger partial charge in [-0.3, -0.25) is 0 Å². The van der Waals surface area contributed by atoms with E-state index in [1.165, 1.54) is 49.9 Å². The van der Waals surface area contributed by atoms with E-state index in [4.69, 9.17) is 0 Å². The van der Waals surface area contributed by atoms with Gasteiger partial charge in [-0.15, -0.1) is 0 Å². The van der Waals surface area contributed by atoms with Gasteiger partial charge in [0.25, 0.3) is 0 Å². The lowest BCUT2D eigenvalue weighted by molar-refractivity contribution is 0.162. The quantitative estimate of drug-likeness (QED) is 0.895. The first kappa shape index (κ1) is 13.1. The van der Waals surface area contributed by atoms with Gasteiger partial charge in [0, 0.05) is 18.1 Å². The van der Waals surface area contributed by atoms with Crippen molar-refractivity contribution in [2.45, 2.75) is 57.7 Å². The van der Waals surface area contributed by atoms with Crippen molar-refractivity contribution < 1.29 is 0 Å². The van der Waals surface area contributed by atoms with E-state index in [1.807, 2.05) is 0 Å². The normalized spacial score (nSPS) is 29.2. The molecule has 3 atom stereocenters. The van der Waals surface area contributed by atoms with Crippen LogP contribution >= 0.6 is 0 Å². The van der Waals surface area contributed by atoms with Gasteiger partial charge in [-0.05, 0) is 58.2 Å². The maximum absolute atomic E-state index is 3.84. The van der Waals surface area contributed by atoms with Crippen molar-refractivity contribution in [3.05, 3.63) is 35.4 Å². The van der Waals surface area contributed by atoms with Gasteiger partial charge in [0.05, 0.1) is 0 Å². The Morgan fingerprint density at radius 2 is 1.95 bits per heavy atom. The summed E-state index contributed by atoms with van der Waals surface area (Å²) in [4.78, 5) is 2.69. The first-order valence-electron chi connectivity index (χ1n) is 7.79. The van der Waals surface area contributed by atoms with Crippen LogP contribution in [-0.2, 0) is 0 Å². The summed E-state index contributed by atoms with van der Waals surface area (Å²) in [5.41, 5.74) is 2.76. The molecule has 0 aliphatic carbocycles. The first-order chi connectivity index (χ1) is 9.22. The second-order valence-electron chi connectivity index (χ2n) is 6.35. The van der Waals surface area contributed by atoms with Crippen LogP contribution in [0.25, 0.3) is 0 Å². The summed E-state index contributed by atoms with van der Waals surface area (Å²) >= 11 is 0. The van der Waals surface area contributed by atoms with Crippen LogP contribution in [-0.4, -0.2) is 30.1 Å². The summed E-state index contributed by atoms with van der Waals surface area (Å²) in [6.07, 6.45) is 5.48. The third-order valence-electron chi connectivity index (χ3n) is 4.88. The predicted octanol–water partition coefficient (Wildman–Crippen LogP) is 3.27. The van der Waals surface area contributed by atoms with Gasteiger partial charge >= 0.3 is 0 Å². The van der Waals surface area contributed by atoms with Gasteiger partial charge in [0.1, 0.15) is 0 Å². The fourth-order valence-electron chi connectivity index (χ4n) is 3.68. The van der Waals surface area contributed by atoms with E-state index in [1.54, 1.807) is 0 Å². The molecule has 0 radical (unpaired) electrons. The van der Waals surface area contributed by atoms with Crippen LogP contribution in [0.5, 0.6) is 0 Å². The topological polar surface area (TPSA) is 15.3 Å². The lowest BCUT2D eigenvalue weighted by Crippen LogP contribution is -2.46. The average molecular weight is 258 g/mol. The zero-order valence-corrected chi connectivity index (χ0v) is 12.2. The van der Waals surface area contributed by atoms with Crippen LogP contribution in [0.2, 0.25) is 0 Å². The Kier molecular flexibility index (Phi) is 3.90. The van der Waals surface area contributed by atoms with Crippen molar-refractivity contribution in [2.75, 3.05) is 13.1 Å². The molecule has 1 aromatic rings. The van der Waals surface area contributed by atoms with Crippen LogP contribution < -0.4 is 5.32 Å². The molecule has 1 N–H and O–H groups in total. The number of hydrogen-bond donors (Lipinski definition) is 1. The Labute approximate surface area is 117 Å².